The minimum atomic E-state index is -0.630. The molecule has 0 N–H and O–H groups in total. The number of nitriles is 1. The van der Waals surface area contributed by atoms with Gasteiger partial charge in [-0.2, -0.15) is 5.26 Å². The number of benzene rings is 2. The maximum atomic E-state index is 10.6. The van der Waals surface area contributed by atoms with Gasteiger partial charge in [-0.15, -0.1) is 0 Å². The topological polar surface area (TPSA) is 76.2 Å². The summed E-state index contributed by atoms with van der Waals surface area (Å²) in [7, 11) is 0. The average molecular weight is 282 g/mol. The number of nitro groups is 1. The van der Waals surface area contributed by atoms with Crippen molar-refractivity contribution in [3.63, 3.8) is 0 Å². The first kappa shape index (κ1) is 14.5. The van der Waals surface area contributed by atoms with Crippen molar-refractivity contribution in [3.8, 4) is 11.8 Å². The molecule has 2 aromatic carbocycles. The zero-order valence-corrected chi connectivity index (χ0v) is 11.5. The van der Waals surface area contributed by atoms with E-state index in [2.05, 4.69) is 6.07 Å². The molecule has 0 bridgehead atoms. The van der Waals surface area contributed by atoms with Gasteiger partial charge < -0.3 is 4.74 Å². The van der Waals surface area contributed by atoms with Crippen LogP contribution in [0.3, 0.4) is 0 Å². The first-order valence-electron chi connectivity index (χ1n) is 6.45. The molecule has 0 aliphatic carbocycles. The van der Waals surface area contributed by atoms with Crippen molar-refractivity contribution < 1.29 is 9.66 Å². The summed E-state index contributed by atoms with van der Waals surface area (Å²) in [6.45, 7) is 2.00. The second-order valence-electron chi connectivity index (χ2n) is 4.68. The van der Waals surface area contributed by atoms with Crippen LogP contribution in [0.25, 0.3) is 0 Å². The summed E-state index contributed by atoms with van der Waals surface area (Å²) in [6.07, 6.45) is -0.164. The predicted octanol–water partition coefficient (Wildman–Crippen LogP) is 3.42. The summed E-state index contributed by atoms with van der Waals surface area (Å²) in [6, 6.07) is 15.7. The fourth-order valence-electron chi connectivity index (χ4n) is 1.86. The van der Waals surface area contributed by atoms with E-state index in [0.717, 1.165) is 11.1 Å². The molecule has 2 aromatic rings. The molecule has 0 amide bonds. The van der Waals surface area contributed by atoms with Crippen LogP contribution in [0.15, 0.2) is 48.5 Å². The standard InChI is InChI=1S/C16H14N2O3/c1-12-2-4-13(5-3-12)10-16(11-17)21-15-8-6-14(7-9-15)18(19)20/h2-9,16H,10H2,1H3/t16-/m1/s1. The van der Waals surface area contributed by atoms with Gasteiger partial charge in [-0.25, -0.2) is 0 Å². The minimum Gasteiger partial charge on any atom is -0.475 e. The van der Waals surface area contributed by atoms with E-state index in [1.807, 2.05) is 31.2 Å². The van der Waals surface area contributed by atoms with Gasteiger partial charge >= 0.3 is 0 Å². The molecule has 106 valence electrons. The van der Waals surface area contributed by atoms with Crippen molar-refractivity contribution in [1.29, 1.82) is 5.26 Å². The van der Waals surface area contributed by atoms with Gasteiger partial charge in [0, 0.05) is 18.6 Å². The van der Waals surface area contributed by atoms with Gasteiger partial charge in [0.15, 0.2) is 6.10 Å². The molecule has 5 nitrogen and oxygen atoms in total. The van der Waals surface area contributed by atoms with E-state index in [0.29, 0.717) is 12.2 Å². The number of non-ortho nitro benzene ring substituents is 1. The zero-order chi connectivity index (χ0) is 15.2. The van der Waals surface area contributed by atoms with E-state index < -0.39 is 11.0 Å². The van der Waals surface area contributed by atoms with Crippen LogP contribution >= 0.6 is 0 Å². The minimum absolute atomic E-state index is 0.00519. The van der Waals surface area contributed by atoms with Crippen LogP contribution < -0.4 is 4.74 Å². The highest BCUT2D eigenvalue weighted by Crippen LogP contribution is 2.19. The molecule has 0 heterocycles. The van der Waals surface area contributed by atoms with E-state index in [1.54, 1.807) is 0 Å². The van der Waals surface area contributed by atoms with Crippen LogP contribution in [0.5, 0.6) is 5.75 Å². The van der Waals surface area contributed by atoms with Gasteiger partial charge in [0.2, 0.25) is 0 Å². The zero-order valence-electron chi connectivity index (χ0n) is 11.5. The highest BCUT2D eigenvalue weighted by molar-refractivity contribution is 5.36. The molecule has 2 rings (SSSR count). The van der Waals surface area contributed by atoms with Crippen LogP contribution in [-0.2, 0) is 6.42 Å². The van der Waals surface area contributed by atoms with Crippen LogP contribution in [0.4, 0.5) is 5.69 Å². The summed E-state index contributed by atoms with van der Waals surface area (Å²) in [5.41, 5.74) is 2.16. The second kappa shape index (κ2) is 6.53. The Morgan fingerprint density at radius 3 is 2.33 bits per heavy atom. The van der Waals surface area contributed by atoms with E-state index in [-0.39, 0.29) is 5.69 Å². The van der Waals surface area contributed by atoms with Crippen molar-refractivity contribution in [2.75, 3.05) is 0 Å². The van der Waals surface area contributed by atoms with Crippen LogP contribution in [0.1, 0.15) is 11.1 Å². The number of hydrogen-bond donors (Lipinski definition) is 0. The molecule has 0 unspecified atom stereocenters. The van der Waals surface area contributed by atoms with Gasteiger partial charge in [0.05, 0.1) is 4.92 Å². The van der Waals surface area contributed by atoms with E-state index in [9.17, 15) is 10.1 Å². The van der Waals surface area contributed by atoms with Gasteiger partial charge in [-0.3, -0.25) is 10.1 Å². The Hall–Kier alpha value is -2.87. The molecule has 5 heteroatoms. The lowest BCUT2D eigenvalue weighted by Gasteiger charge is -2.12. The Kier molecular flexibility index (Phi) is 4.52. The largest absolute Gasteiger partial charge is 0.475 e. The highest BCUT2D eigenvalue weighted by atomic mass is 16.6. The molecule has 0 radical (unpaired) electrons. The maximum absolute atomic E-state index is 10.6. The lowest BCUT2D eigenvalue weighted by molar-refractivity contribution is -0.384. The molecule has 0 fully saturated rings. The first-order valence-corrected chi connectivity index (χ1v) is 6.45. The number of rotatable bonds is 5. The highest BCUT2D eigenvalue weighted by Gasteiger charge is 2.12. The number of aryl methyl sites for hydroxylation is 1. The SMILES string of the molecule is Cc1ccc(C[C@H](C#N)Oc2ccc([N+](=O)[O-])cc2)cc1. The normalized spacial score (nSPS) is 11.4. The van der Waals surface area contributed by atoms with Crippen molar-refractivity contribution in [2.45, 2.75) is 19.4 Å². The first-order chi connectivity index (χ1) is 10.1. The Morgan fingerprint density at radius 1 is 1.19 bits per heavy atom. The molecule has 21 heavy (non-hydrogen) atoms. The third-order valence-corrected chi connectivity index (χ3v) is 3.01. The smallest absolute Gasteiger partial charge is 0.269 e. The monoisotopic (exact) mass is 282 g/mol. The maximum Gasteiger partial charge on any atom is 0.269 e. The molecule has 0 aromatic heterocycles. The van der Waals surface area contributed by atoms with E-state index in [4.69, 9.17) is 10.00 Å². The molecule has 0 spiro atoms. The van der Waals surface area contributed by atoms with E-state index >= 15 is 0 Å². The Morgan fingerprint density at radius 2 is 1.81 bits per heavy atom. The number of ether oxygens (including phenoxy) is 1. The number of nitro benzene ring substituents is 1. The average Bonchev–Trinajstić information content (AvgIpc) is 2.49. The van der Waals surface area contributed by atoms with Gasteiger partial charge in [0.1, 0.15) is 11.8 Å². The molecule has 0 aliphatic heterocycles. The summed E-state index contributed by atoms with van der Waals surface area (Å²) in [4.78, 5) is 10.1. The number of nitrogens with zero attached hydrogens (tertiary/aromatic N) is 2. The Labute approximate surface area is 122 Å². The van der Waals surface area contributed by atoms with Gasteiger partial charge in [-0.1, -0.05) is 29.8 Å². The fourth-order valence-corrected chi connectivity index (χ4v) is 1.86. The second-order valence-corrected chi connectivity index (χ2v) is 4.68. The van der Waals surface area contributed by atoms with Gasteiger partial charge in [0.25, 0.3) is 5.69 Å². The summed E-state index contributed by atoms with van der Waals surface area (Å²) in [5.74, 6) is 0.444. The van der Waals surface area contributed by atoms with Crippen LogP contribution in [0, 0.1) is 28.4 Å². The molecule has 0 aliphatic rings. The summed E-state index contributed by atoms with van der Waals surface area (Å²) >= 11 is 0. The predicted molar refractivity (Wildman–Crippen MR) is 78.0 cm³/mol. The summed E-state index contributed by atoms with van der Waals surface area (Å²) in [5, 5.41) is 19.7. The van der Waals surface area contributed by atoms with Crippen molar-refractivity contribution in [3.05, 3.63) is 69.8 Å². The van der Waals surface area contributed by atoms with E-state index in [1.165, 1.54) is 24.3 Å². The Balaban J connectivity index is 2.03. The lowest BCUT2D eigenvalue weighted by atomic mass is 10.1. The molecular formula is C16H14N2O3. The van der Waals surface area contributed by atoms with Crippen molar-refractivity contribution in [2.24, 2.45) is 0 Å². The quantitative estimate of drug-likeness (QED) is 0.622. The fraction of sp³-hybridized carbons (Fsp3) is 0.188. The Bertz CT molecular complexity index is 657. The van der Waals surface area contributed by atoms with Crippen LogP contribution in [-0.4, -0.2) is 11.0 Å². The van der Waals surface area contributed by atoms with Crippen molar-refractivity contribution in [1.82, 2.24) is 0 Å². The lowest BCUT2D eigenvalue weighted by Crippen LogP contribution is -2.17. The van der Waals surface area contributed by atoms with Gasteiger partial charge in [-0.05, 0) is 24.6 Å². The third-order valence-electron chi connectivity index (χ3n) is 3.01. The molecule has 1 atom stereocenters. The molecular weight excluding hydrogens is 268 g/mol. The van der Waals surface area contributed by atoms with Crippen LogP contribution in [0.2, 0.25) is 0 Å². The molecule has 0 saturated heterocycles. The summed E-state index contributed by atoms with van der Waals surface area (Å²) < 4.78 is 5.55. The van der Waals surface area contributed by atoms with Crippen molar-refractivity contribution >= 4 is 5.69 Å². The molecule has 0 saturated carbocycles. The third kappa shape index (κ3) is 4.05. The number of hydrogen-bond acceptors (Lipinski definition) is 4.